The maximum atomic E-state index is 11.7. The van der Waals surface area contributed by atoms with Gasteiger partial charge in [0.1, 0.15) is 0 Å². The predicted molar refractivity (Wildman–Crippen MR) is 65.6 cm³/mol. The Labute approximate surface area is 103 Å². The summed E-state index contributed by atoms with van der Waals surface area (Å²) in [5.74, 6) is -0.0546. The molecule has 1 N–H and O–H groups in total. The van der Waals surface area contributed by atoms with Crippen molar-refractivity contribution in [2.24, 2.45) is 0 Å². The average Bonchev–Trinajstić information content (AvgIpc) is 2.84. The van der Waals surface area contributed by atoms with Crippen LogP contribution in [-0.2, 0) is 4.79 Å². The number of hydrogen-bond donors (Lipinski definition) is 1. The van der Waals surface area contributed by atoms with Gasteiger partial charge in [0, 0.05) is 24.0 Å². The van der Waals surface area contributed by atoms with Gasteiger partial charge in [-0.25, -0.2) is 0 Å². The van der Waals surface area contributed by atoms with Crippen LogP contribution in [0.2, 0.25) is 4.34 Å². The van der Waals surface area contributed by atoms with Crippen molar-refractivity contribution >= 4 is 34.9 Å². The van der Waals surface area contributed by atoms with Gasteiger partial charge in [0.05, 0.1) is 10.4 Å². The number of carbonyl (C=O) groups is 1. The molecule has 0 saturated carbocycles. The topological polar surface area (TPSA) is 40.5 Å². The van der Waals surface area contributed by atoms with Crippen LogP contribution in [0.1, 0.15) is 11.3 Å². The summed E-state index contributed by atoms with van der Waals surface area (Å²) in [6.07, 6.45) is 3.59. The molecule has 5 heteroatoms. The second-order valence-electron chi connectivity index (χ2n) is 3.70. The minimum absolute atomic E-state index is 0.0546. The molecule has 0 bridgehead atoms. The molecule has 0 aliphatic carbocycles. The summed E-state index contributed by atoms with van der Waals surface area (Å²) in [4.78, 5) is 14.3. The Balaban J connectivity index is 1.94. The first-order valence-corrected chi connectivity index (χ1v) is 6.25. The number of thiophene rings is 1. The van der Waals surface area contributed by atoms with E-state index in [0.717, 1.165) is 4.88 Å². The smallest absolute Gasteiger partial charge is 0.246 e. The van der Waals surface area contributed by atoms with Gasteiger partial charge in [0.25, 0.3) is 0 Å². The van der Waals surface area contributed by atoms with Crippen LogP contribution in [-0.4, -0.2) is 35.1 Å². The zero-order valence-corrected chi connectivity index (χ0v) is 10.2. The standard InChI is InChI=1S/C11H12ClNO2S/c12-10-3-1-9(16-10)2-4-11(15)13-6-5-8(14)7-13/h1-4,8,14H,5-7H2/t8-/m1/s1. The van der Waals surface area contributed by atoms with Crippen molar-refractivity contribution < 1.29 is 9.90 Å². The normalized spacial score (nSPS) is 20.9. The van der Waals surface area contributed by atoms with E-state index >= 15 is 0 Å². The summed E-state index contributed by atoms with van der Waals surface area (Å²) in [7, 11) is 0. The maximum Gasteiger partial charge on any atom is 0.246 e. The Kier molecular flexibility index (Phi) is 3.63. The van der Waals surface area contributed by atoms with Gasteiger partial charge in [-0.05, 0) is 24.6 Å². The fourth-order valence-corrected chi connectivity index (χ4v) is 2.58. The molecule has 1 aliphatic heterocycles. The van der Waals surface area contributed by atoms with E-state index in [0.29, 0.717) is 23.8 Å². The zero-order valence-electron chi connectivity index (χ0n) is 8.60. The van der Waals surface area contributed by atoms with Crippen LogP contribution in [0.4, 0.5) is 0 Å². The highest BCUT2D eigenvalue weighted by atomic mass is 35.5. The monoisotopic (exact) mass is 257 g/mol. The molecule has 1 aromatic heterocycles. The number of aliphatic hydroxyl groups is 1. The molecule has 1 saturated heterocycles. The van der Waals surface area contributed by atoms with Crippen molar-refractivity contribution in [2.45, 2.75) is 12.5 Å². The lowest BCUT2D eigenvalue weighted by atomic mass is 10.3. The summed E-state index contributed by atoms with van der Waals surface area (Å²) >= 11 is 7.21. The number of nitrogens with zero attached hydrogens (tertiary/aromatic N) is 1. The molecule has 3 nitrogen and oxygen atoms in total. The van der Waals surface area contributed by atoms with E-state index in [9.17, 15) is 9.90 Å². The average molecular weight is 258 g/mol. The van der Waals surface area contributed by atoms with Gasteiger partial charge in [-0.1, -0.05) is 11.6 Å². The highest BCUT2D eigenvalue weighted by molar-refractivity contribution is 7.17. The Hall–Kier alpha value is -0.840. The first-order valence-electron chi connectivity index (χ1n) is 5.05. The summed E-state index contributed by atoms with van der Waals surface area (Å²) in [6.45, 7) is 1.07. The van der Waals surface area contributed by atoms with Crippen LogP contribution in [0.5, 0.6) is 0 Å². The maximum absolute atomic E-state index is 11.7. The Morgan fingerprint density at radius 2 is 2.44 bits per heavy atom. The third-order valence-electron chi connectivity index (χ3n) is 2.46. The van der Waals surface area contributed by atoms with E-state index in [2.05, 4.69) is 0 Å². The summed E-state index contributed by atoms with van der Waals surface area (Å²) in [5.41, 5.74) is 0. The van der Waals surface area contributed by atoms with Gasteiger partial charge in [0.2, 0.25) is 5.91 Å². The first kappa shape index (κ1) is 11.6. The molecule has 0 spiro atoms. The number of aliphatic hydroxyl groups excluding tert-OH is 1. The van der Waals surface area contributed by atoms with E-state index in [-0.39, 0.29) is 12.0 Å². The zero-order chi connectivity index (χ0) is 11.5. The number of hydrogen-bond acceptors (Lipinski definition) is 3. The molecule has 86 valence electrons. The van der Waals surface area contributed by atoms with Crippen molar-refractivity contribution in [1.29, 1.82) is 0 Å². The second-order valence-corrected chi connectivity index (χ2v) is 5.45. The quantitative estimate of drug-likeness (QED) is 0.824. The second kappa shape index (κ2) is 4.99. The minimum atomic E-state index is -0.367. The van der Waals surface area contributed by atoms with Crippen molar-refractivity contribution in [3.8, 4) is 0 Å². The minimum Gasteiger partial charge on any atom is -0.391 e. The van der Waals surface area contributed by atoms with Gasteiger partial charge >= 0.3 is 0 Å². The Morgan fingerprint density at radius 1 is 1.62 bits per heavy atom. The van der Waals surface area contributed by atoms with Crippen LogP contribution in [0.15, 0.2) is 18.2 Å². The van der Waals surface area contributed by atoms with Crippen molar-refractivity contribution in [2.75, 3.05) is 13.1 Å². The van der Waals surface area contributed by atoms with Crippen LogP contribution < -0.4 is 0 Å². The number of carbonyl (C=O) groups excluding carboxylic acids is 1. The lowest BCUT2D eigenvalue weighted by Crippen LogP contribution is -2.27. The first-order chi connectivity index (χ1) is 7.65. The SMILES string of the molecule is O=C(C=Cc1ccc(Cl)s1)N1CC[C@@H](O)C1. The molecule has 2 rings (SSSR count). The Morgan fingerprint density at radius 3 is 3.00 bits per heavy atom. The van der Waals surface area contributed by atoms with Crippen molar-refractivity contribution in [3.05, 3.63) is 27.4 Å². The van der Waals surface area contributed by atoms with Gasteiger partial charge in [0.15, 0.2) is 0 Å². The van der Waals surface area contributed by atoms with Gasteiger partial charge in [-0.3, -0.25) is 4.79 Å². The highest BCUT2D eigenvalue weighted by Crippen LogP contribution is 2.22. The lowest BCUT2D eigenvalue weighted by Gasteiger charge is -2.11. The summed E-state index contributed by atoms with van der Waals surface area (Å²) in [5, 5.41) is 9.30. The third-order valence-corrected chi connectivity index (χ3v) is 3.66. The summed E-state index contributed by atoms with van der Waals surface area (Å²) in [6, 6.07) is 3.67. The van der Waals surface area contributed by atoms with Crippen molar-refractivity contribution in [1.82, 2.24) is 4.90 Å². The van der Waals surface area contributed by atoms with E-state index in [1.165, 1.54) is 17.4 Å². The molecule has 16 heavy (non-hydrogen) atoms. The van der Waals surface area contributed by atoms with E-state index < -0.39 is 0 Å². The van der Waals surface area contributed by atoms with Gasteiger partial charge < -0.3 is 10.0 Å². The highest BCUT2D eigenvalue weighted by Gasteiger charge is 2.22. The summed E-state index contributed by atoms with van der Waals surface area (Å²) < 4.78 is 0.712. The molecule has 0 aromatic carbocycles. The Bertz CT molecular complexity index is 416. The van der Waals surface area contributed by atoms with Crippen LogP contribution >= 0.6 is 22.9 Å². The molecule has 0 unspecified atom stereocenters. The van der Waals surface area contributed by atoms with Gasteiger partial charge in [-0.2, -0.15) is 0 Å². The molecule has 0 radical (unpaired) electrons. The van der Waals surface area contributed by atoms with Crippen LogP contribution in [0, 0.1) is 0 Å². The van der Waals surface area contributed by atoms with Crippen LogP contribution in [0.25, 0.3) is 6.08 Å². The molecular formula is C11H12ClNO2S. The molecule has 1 fully saturated rings. The number of likely N-dealkylation sites (tertiary alicyclic amines) is 1. The van der Waals surface area contributed by atoms with Crippen molar-refractivity contribution in [3.63, 3.8) is 0 Å². The molecule has 1 amide bonds. The third kappa shape index (κ3) is 2.84. The fraction of sp³-hybridized carbons (Fsp3) is 0.364. The molecule has 1 atom stereocenters. The largest absolute Gasteiger partial charge is 0.391 e. The lowest BCUT2D eigenvalue weighted by molar-refractivity contribution is -0.125. The predicted octanol–water partition coefficient (Wildman–Crippen LogP) is 2.01. The van der Waals surface area contributed by atoms with E-state index in [1.807, 2.05) is 6.07 Å². The number of amides is 1. The van der Waals surface area contributed by atoms with E-state index in [1.54, 1.807) is 17.0 Å². The fourth-order valence-electron chi connectivity index (χ4n) is 1.62. The van der Waals surface area contributed by atoms with E-state index in [4.69, 9.17) is 11.6 Å². The number of halogens is 1. The number of β-amino-alcohol motifs (C(OH)–C–C–N with tert-alkyl or cyclic N) is 1. The van der Waals surface area contributed by atoms with Crippen LogP contribution in [0.3, 0.4) is 0 Å². The molecule has 2 heterocycles. The molecule has 1 aliphatic rings. The number of rotatable bonds is 2. The van der Waals surface area contributed by atoms with Gasteiger partial charge in [-0.15, -0.1) is 11.3 Å². The molecule has 1 aromatic rings. The molecular weight excluding hydrogens is 246 g/mol.